The van der Waals surface area contributed by atoms with Gasteiger partial charge in [-0.2, -0.15) is 0 Å². The van der Waals surface area contributed by atoms with Crippen molar-refractivity contribution in [2.75, 3.05) is 12.3 Å². The number of nitrogens with one attached hydrogen (secondary N) is 1. The zero-order valence-electron chi connectivity index (χ0n) is 7.19. The highest BCUT2D eigenvalue weighted by Gasteiger charge is 2.04. The number of amidine groups is 1. The maximum absolute atomic E-state index is 4.37. The fourth-order valence-electron chi connectivity index (χ4n) is 1.06. The molecule has 2 heterocycles. The van der Waals surface area contributed by atoms with Crippen molar-refractivity contribution in [3.63, 3.8) is 0 Å². The monoisotopic (exact) mass is 213 g/mol. The van der Waals surface area contributed by atoms with E-state index < -0.39 is 0 Å². The molecule has 1 aromatic rings. The van der Waals surface area contributed by atoms with E-state index in [4.69, 9.17) is 0 Å². The molecule has 0 saturated carbocycles. The molecule has 1 aromatic heterocycles. The highest BCUT2D eigenvalue weighted by Crippen LogP contribution is 2.10. The summed E-state index contributed by atoms with van der Waals surface area (Å²) in [5, 5.41) is 6.41. The molecule has 1 N–H and O–H groups in total. The van der Waals surface area contributed by atoms with E-state index in [1.54, 1.807) is 23.1 Å². The average molecular weight is 213 g/mol. The summed E-state index contributed by atoms with van der Waals surface area (Å²) in [4.78, 5) is 8.57. The zero-order valence-corrected chi connectivity index (χ0v) is 8.83. The minimum Gasteiger partial charge on any atom is -0.359 e. The normalized spacial score (nSPS) is 16.8. The highest BCUT2D eigenvalue weighted by atomic mass is 32.2. The van der Waals surface area contributed by atoms with E-state index in [0.717, 1.165) is 24.0 Å². The first kappa shape index (κ1) is 9.02. The quantitative estimate of drug-likeness (QED) is 0.813. The second-order valence-electron chi connectivity index (χ2n) is 2.72. The largest absolute Gasteiger partial charge is 0.359 e. The number of hydrogen-bond donors (Lipinski definition) is 1. The number of rotatable bonds is 2. The van der Waals surface area contributed by atoms with Crippen molar-refractivity contribution in [3.8, 4) is 0 Å². The Bertz CT molecular complexity index is 282. The van der Waals surface area contributed by atoms with Gasteiger partial charge in [-0.1, -0.05) is 11.8 Å². The van der Waals surface area contributed by atoms with Gasteiger partial charge in [0.05, 0.1) is 17.7 Å². The Kier molecular flexibility index (Phi) is 3.21. The Hall–Kier alpha value is -0.550. The van der Waals surface area contributed by atoms with Crippen molar-refractivity contribution >= 4 is 28.3 Å². The van der Waals surface area contributed by atoms with E-state index in [0.29, 0.717) is 0 Å². The molecular weight excluding hydrogens is 202 g/mol. The average Bonchev–Trinajstić information content (AvgIpc) is 2.69. The van der Waals surface area contributed by atoms with Crippen LogP contribution in [0.1, 0.15) is 12.1 Å². The molecule has 0 fully saturated rings. The Morgan fingerprint density at radius 3 is 3.23 bits per heavy atom. The summed E-state index contributed by atoms with van der Waals surface area (Å²) in [6.07, 6.45) is 1.20. The van der Waals surface area contributed by atoms with Gasteiger partial charge in [0, 0.05) is 17.7 Å². The first-order valence-corrected chi connectivity index (χ1v) is 6.16. The van der Waals surface area contributed by atoms with Crippen LogP contribution in [0.2, 0.25) is 0 Å². The van der Waals surface area contributed by atoms with Gasteiger partial charge in [-0.25, -0.2) is 4.98 Å². The van der Waals surface area contributed by atoms with Crippen LogP contribution in [0.15, 0.2) is 15.9 Å². The van der Waals surface area contributed by atoms with Crippen LogP contribution in [0.4, 0.5) is 0 Å². The molecule has 0 amide bonds. The molecule has 0 unspecified atom stereocenters. The maximum Gasteiger partial charge on any atom is 0.156 e. The number of aliphatic imine (C=N–C) groups is 1. The van der Waals surface area contributed by atoms with Gasteiger partial charge in [0.1, 0.15) is 0 Å². The smallest absolute Gasteiger partial charge is 0.156 e. The highest BCUT2D eigenvalue weighted by molar-refractivity contribution is 8.13. The molecule has 0 radical (unpaired) electrons. The van der Waals surface area contributed by atoms with E-state index in [1.165, 1.54) is 12.2 Å². The van der Waals surface area contributed by atoms with Crippen LogP contribution in [0.5, 0.6) is 0 Å². The van der Waals surface area contributed by atoms with Crippen LogP contribution in [-0.2, 0) is 6.54 Å². The molecule has 5 heteroatoms. The van der Waals surface area contributed by atoms with Gasteiger partial charge in [0.15, 0.2) is 5.17 Å². The Balaban J connectivity index is 1.82. The summed E-state index contributed by atoms with van der Waals surface area (Å²) in [5.41, 5.74) is 2.95. The first-order valence-electron chi connectivity index (χ1n) is 4.23. The molecule has 2 rings (SSSR count). The molecule has 0 aromatic carbocycles. The SMILES string of the molecule is c1nc(CNC2=NCCCS2)cs1. The minimum absolute atomic E-state index is 0.801. The molecule has 3 nitrogen and oxygen atoms in total. The fourth-order valence-corrected chi connectivity index (χ4v) is 2.44. The molecular formula is C8H11N3S2. The summed E-state index contributed by atoms with van der Waals surface area (Å²) in [6, 6.07) is 0. The third kappa shape index (κ3) is 2.70. The number of nitrogens with zero attached hydrogens (tertiary/aromatic N) is 2. The third-order valence-corrected chi connectivity index (χ3v) is 3.38. The predicted molar refractivity (Wildman–Crippen MR) is 58.3 cm³/mol. The van der Waals surface area contributed by atoms with Crippen molar-refractivity contribution in [1.29, 1.82) is 0 Å². The molecule has 0 aliphatic carbocycles. The van der Waals surface area contributed by atoms with Gasteiger partial charge in [-0.05, 0) is 6.42 Å². The van der Waals surface area contributed by atoms with E-state index in [9.17, 15) is 0 Å². The van der Waals surface area contributed by atoms with Gasteiger partial charge in [-0.3, -0.25) is 4.99 Å². The molecule has 0 atom stereocenters. The topological polar surface area (TPSA) is 37.3 Å². The van der Waals surface area contributed by atoms with Gasteiger partial charge in [0.2, 0.25) is 0 Å². The predicted octanol–water partition coefficient (Wildman–Crippen LogP) is 1.73. The lowest BCUT2D eigenvalue weighted by Gasteiger charge is -2.11. The van der Waals surface area contributed by atoms with E-state index in [2.05, 4.69) is 20.7 Å². The minimum atomic E-state index is 0.801. The second kappa shape index (κ2) is 4.62. The number of aromatic nitrogens is 1. The standard InChI is InChI=1S/C8H11N3S2/c1-2-9-8(13-3-1)10-4-7-5-12-6-11-7/h5-6H,1-4H2,(H,9,10). The van der Waals surface area contributed by atoms with E-state index >= 15 is 0 Å². The fraction of sp³-hybridized carbons (Fsp3) is 0.500. The Morgan fingerprint density at radius 2 is 2.54 bits per heavy atom. The van der Waals surface area contributed by atoms with Crippen molar-refractivity contribution in [3.05, 3.63) is 16.6 Å². The van der Waals surface area contributed by atoms with Crippen LogP contribution < -0.4 is 5.32 Å². The summed E-state index contributed by atoms with van der Waals surface area (Å²) < 4.78 is 0. The van der Waals surface area contributed by atoms with E-state index in [1.807, 2.05) is 5.51 Å². The molecule has 0 spiro atoms. The van der Waals surface area contributed by atoms with Crippen molar-refractivity contribution in [2.45, 2.75) is 13.0 Å². The van der Waals surface area contributed by atoms with Crippen LogP contribution in [-0.4, -0.2) is 22.4 Å². The van der Waals surface area contributed by atoms with Crippen molar-refractivity contribution in [2.24, 2.45) is 4.99 Å². The van der Waals surface area contributed by atoms with Crippen LogP contribution >= 0.6 is 23.1 Å². The molecule has 1 aliphatic rings. The molecule has 70 valence electrons. The van der Waals surface area contributed by atoms with Crippen molar-refractivity contribution in [1.82, 2.24) is 10.3 Å². The number of thioether (sulfide) groups is 1. The van der Waals surface area contributed by atoms with Gasteiger partial charge < -0.3 is 5.32 Å². The summed E-state index contributed by atoms with van der Waals surface area (Å²) in [5.74, 6) is 1.18. The number of thiazole rings is 1. The lowest BCUT2D eigenvalue weighted by molar-refractivity contribution is 0.864. The van der Waals surface area contributed by atoms with Crippen LogP contribution in [0, 0.1) is 0 Å². The van der Waals surface area contributed by atoms with Gasteiger partial charge in [-0.15, -0.1) is 11.3 Å². The molecule has 0 saturated heterocycles. The van der Waals surface area contributed by atoms with Crippen LogP contribution in [0.25, 0.3) is 0 Å². The Labute approximate surface area is 85.7 Å². The summed E-state index contributed by atoms with van der Waals surface area (Å²) in [7, 11) is 0. The van der Waals surface area contributed by atoms with Gasteiger partial charge >= 0.3 is 0 Å². The Morgan fingerprint density at radius 1 is 1.54 bits per heavy atom. The molecule has 0 bridgehead atoms. The third-order valence-electron chi connectivity index (χ3n) is 1.70. The maximum atomic E-state index is 4.37. The molecule has 13 heavy (non-hydrogen) atoms. The lowest BCUT2D eigenvalue weighted by Crippen LogP contribution is -2.23. The van der Waals surface area contributed by atoms with E-state index in [-0.39, 0.29) is 0 Å². The summed E-state index contributed by atoms with van der Waals surface area (Å²) >= 11 is 3.43. The number of hydrogen-bond acceptors (Lipinski definition) is 5. The van der Waals surface area contributed by atoms with Gasteiger partial charge in [0.25, 0.3) is 0 Å². The second-order valence-corrected chi connectivity index (χ2v) is 4.52. The molecule has 1 aliphatic heterocycles. The summed E-state index contributed by atoms with van der Waals surface area (Å²) in [6.45, 7) is 1.77. The van der Waals surface area contributed by atoms with Crippen LogP contribution in [0.3, 0.4) is 0 Å². The zero-order chi connectivity index (χ0) is 8.93. The first-order chi connectivity index (χ1) is 6.45. The lowest BCUT2D eigenvalue weighted by atomic mass is 10.5. The van der Waals surface area contributed by atoms with Crippen molar-refractivity contribution < 1.29 is 0 Å².